The van der Waals surface area contributed by atoms with Crippen molar-refractivity contribution >= 4 is 12.1 Å². The van der Waals surface area contributed by atoms with E-state index < -0.39 is 50.6 Å². The van der Waals surface area contributed by atoms with Crippen LogP contribution in [0.25, 0.3) is 0 Å². The van der Waals surface area contributed by atoms with Gasteiger partial charge in [0.15, 0.2) is 0 Å². The third kappa shape index (κ3) is 23.1. The van der Waals surface area contributed by atoms with E-state index in [1.807, 2.05) is 6.92 Å². The first-order valence-electron chi connectivity index (χ1n) is 17.3. The third-order valence-corrected chi connectivity index (χ3v) is 4.89. The van der Waals surface area contributed by atoms with Crippen LogP contribution in [0.5, 0.6) is 0 Å². The Labute approximate surface area is 203 Å². The van der Waals surface area contributed by atoms with E-state index in [9.17, 15) is 4.79 Å². The first-order valence-corrected chi connectivity index (χ1v) is 11.3. The lowest BCUT2D eigenvalue weighted by molar-refractivity contribution is -0.191. The normalized spacial score (nSPS) is 19.0. The summed E-state index contributed by atoms with van der Waals surface area (Å²) in [6, 6.07) is 0. The van der Waals surface area contributed by atoms with Crippen molar-refractivity contribution in [2.75, 3.05) is 6.61 Å². The first-order chi connectivity index (χ1) is 19.1. The molecule has 0 aliphatic rings. The molecular weight excluding hydrogens is 376 g/mol. The summed E-state index contributed by atoms with van der Waals surface area (Å²) in [6.45, 7) is -7.25. The van der Waals surface area contributed by atoms with E-state index in [1.165, 1.54) is 0 Å². The van der Waals surface area contributed by atoms with Crippen LogP contribution in [-0.4, -0.2) is 18.7 Å². The third-order valence-electron chi connectivity index (χ3n) is 4.89. The van der Waals surface area contributed by atoms with Crippen molar-refractivity contribution in [2.45, 2.75) is 138 Å². The van der Waals surface area contributed by atoms with Crippen molar-refractivity contribution in [1.29, 1.82) is 0 Å². The molecule has 0 aliphatic carbocycles. The van der Waals surface area contributed by atoms with Gasteiger partial charge in [-0.2, -0.15) is 9.59 Å². The van der Waals surface area contributed by atoms with Gasteiger partial charge in [0.05, 0.1) is 13.0 Å². The van der Waals surface area contributed by atoms with Gasteiger partial charge < -0.3 is 4.74 Å². The lowest BCUT2D eigenvalue weighted by Gasteiger charge is -2.23. The van der Waals surface area contributed by atoms with Gasteiger partial charge in [-0.05, 0) is 37.0 Å². The molecule has 4 heteroatoms. The van der Waals surface area contributed by atoms with Crippen LogP contribution in [0.4, 0.5) is 0 Å². The molecule has 0 atom stereocenters. The van der Waals surface area contributed by atoms with Crippen LogP contribution in [0.2, 0.25) is 0 Å². The maximum Gasteiger partial charge on any atom is 0.373 e. The molecule has 0 N–H and O–H groups in total. The number of carbonyl (C=O) groups is 1. The molecule has 0 aliphatic heterocycles. The van der Waals surface area contributed by atoms with Gasteiger partial charge in [-0.3, -0.25) is 4.79 Å². The predicted molar refractivity (Wildman–Crippen MR) is 124 cm³/mol. The summed E-state index contributed by atoms with van der Waals surface area (Å²) in [7, 11) is 0. The SMILES string of the molecule is O=C=O.[2H]C([2H])([2H])C(CCC)(CCCCCCCCCCCCC(CC(=O)OCC)(C([2H])([2H])[2H])C([2H])([2H])[2H])C([2H])([2H])[2H]. The number of esters is 1. The fraction of sp³-hybridized carbons (Fsp3) is 0.923. The second-order valence-electron chi connectivity index (χ2n) is 8.01. The molecule has 0 rings (SSSR count). The van der Waals surface area contributed by atoms with Gasteiger partial charge in [0.25, 0.3) is 0 Å². The van der Waals surface area contributed by atoms with Crippen molar-refractivity contribution in [3.05, 3.63) is 0 Å². The molecule has 0 aromatic rings. The molecule has 0 saturated heterocycles. The van der Waals surface area contributed by atoms with Crippen molar-refractivity contribution in [3.63, 3.8) is 0 Å². The summed E-state index contributed by atoms with van der Waals surface area (Å²) in [5.41, 5.74) is -3.78. The zero-order chi connectivity index (χ0) is 33.3. The largest absolute Gasteiger partial charge is 0.466 e. The van der Waals surface area contributed by atoms with Crippen molar-refractivity contribution in [2.24, 2.45) is 10.8 Å². The molecular formula is C26H50O4. The van der Waals surface area contributed by atoms with E-state index in [0.29, 0.717) is 25.7 Å². The van der Waals surface area contributed by atoms with Gasteiger partial charge in [0.2, 0.25) is 0 Å². The summed E-state index contributed by atoms with van der Waals surface area (Å²) < 4.78 is 99.4. The highest BCUT2D eigenvalue weighted by Crippen LogP contribution is 2.30. The molecule has 4 nitrogen and oxygen atoms in total. The number of ether oxygens (including phenoxy) is 1. The van der Waals surface area contributed by atoms with E-state index >= 15 is 0 Å². The lowest BCUT2D eigenvalue weighted by Crippen LogP contribution is -2.18. The van der Waals surface area contributed by atoms with Crippen LogP contribution in [0.1, 0.15) is 154 Å². The minimum Gasteiger partial charge on any atom is -0.466 e. The number of unbranched alkanes of at least 4 members (excludes halogenated alkanes) is 9. The van der Waals surface area contributed by atoms with Gasteiger partial charge in [0, 0.05) is 16.4 Å². The molecule has 30 heavy (non-hydrogen) atoms. The number of hydrogen-bond acceptors (Lipinski definition) is 4. The molecule has 0 fully saturated rings. The Bertz CT molecular complexity index is 752. The summed E-state index contributed by atoms with van der Waals surface area (Å²) in [5.74, 6) is -0.808. The van der Waals surface area contributed by atoms with E-state index in [4.69, 9.17) is 30.8 Å². The lowest BCUT2D eigenvalue weighted by atomic mass is 9.83. The molecule has 0 heterocycles. The highest BCUT2D eigenvalue weighted by molar-refractivity contribution is 5.70. The number of carbonyl (C=O) groups excluding carboxylic acids is 3. The molecule has 0 spiro atoms. The monoisotopic (exact) mass is 438 g/mol. The summed E-state index contributed by atoms with van der Waals surface area (Å²) in [4.78, 5) is 28.3. The van der Waals surface area contributed by atoms with Crippen LogP contribution in [0, 0.1) is 10.8 Å². The topological polar surface area (TPSA) is 60.4 Å². The van der Waals surface area contributed by atoms with Crippen molar-refractivity contribution in [1.82, 2.24) is 0 Å². The number of rotatable bonds is 18. The molecule has 0 radical (unpaired) electrons. The Hall–Kier alpha value is -1.15. The molecule has 178 valence electrons. The molecule has 0 amide bonds. The molecule has 0 aromatic heterocycles. The van der Waals surface area contributed by atoms with E-state index in [0.717, 1.165) is 44.9 Å². The Morgan fingerprint density at radius 1 is 0.733 bits per heavy atom. The summed E-state index contributed by atoms with van der Waals surface area (Å²) >= 11 is 0. The first kappa shape index (κ1) is 14.8. The van der Waals surface area contributed by atoms with Gasteiger partial charge in [-0.25, -0.2) is 0 Å². The smallest absolute Gasteiger partial charge is 0.373 e. The minimum absolute atomic E-state index is 0.0566. The van der Waals surface area contributed by atoms with Gasteiger partial charge in [-0.1, -0.05) is 105 Å². The minimum atomic E-state index is -2.83. The molecule has 0 unspecified atom stereocenters. The Morgan fingerprint density at radius 2 is 1.13 bits per heavy atom. The molecule has 0 aromatic carbocycles. The highest BCUT2D eigenvalue weighted by atomic mass is 16.5. The second-order valence-corrected chi connectivity index (χ2v) is 8.01. The maximum absolute atomic E-state index is 12.0. The molecule has 0 saturated carbocycles. The quantitative estimate of drug-likeness (QED) is 0.161. The Morgan fingerprint density at radius 3 is 1.50 bits per heavy atom. The van der Waals surface area contributed by atoms with E-state index in [2.05, 4.69) is 0 Å². The van der Waals surface area contributed by atoms with Crippen molar-refractivity contribution in [3.8, 4) is 0 Å². The number of hydrogen-bond donors (Lipinski definition) is 0. The van der Waals surface area contributed by atoms with Gasteiger partial charge >= 0.3 is 12.1 Å². The molecule has 0 bridgehead atoms. The summed E-state index contributed by atoms with van der Waals surface area (Å²) in [6.07, 6.45) is 8.28. The van der Waals surface area contributed by atoms with Gasteiger partial charge in [0.1, 0.15) is 0 Å². The standard InChI is InChI=1S/C25H50O2.CO2/c1-7-19-24(3,4)20-17-15-13-11-9-10-12-14-16-18-21-25(5,6)22-23(26)27-8-2;2-1-3/h7-22H2,1-6H3;/i3D3,4D3,5D3,6D3;. The highest BCUT2D eigenvalue weighted by Gasteiger charge is 2.22. The average molecular weight is 439 g/mol. The second kappa shape index (κ2) is 19.8. The predicted octanol–water partition coefficient (Wildman–Crippen LogP) is 7.89. The zero-order valence-electron chi connectivity index (χ0n) is 30.9. The fourth-order valence-corrected chi connectivity index (χ4v) is 3.37. The van der Waals surface area contributed by atoms with Crippen LogP contribution >= 0.6 is 0 Å². The van der Waals surface area contributed by atoms with E-state index in [-0.39, 0.29) is 32.0 Å². The average Bonchev–Trinajstić information content (AvgIpc) is 2.80. The van der Waals surface area contributed by atoms with Crippen molar-refractivity contribution < 1.29 is 35.6 Å². The Kier molecular flexibility index (Phi) is 9.78. The Balaban J connectivity index is 0. The van der Waals surface area contributed by atoms with E-state index in [1.54, 1.807) is 6.92 Å². The van der Waals surface area contributed by atoms with Crippen LogP contribution in [0.15, 0.2) is 0 Å². The van der Waals surface area contributed by atoms with Crippen LogP contribution in [0.3, 0.4) is 0 Å². The fourth-order valence-electron chi connectivity index (χ4n) is 3.37. The van der Waals surface area contributed by atoms with Crippen LogP contribution < -0.4 is 0 Å². The zero-order valence-corrected chi connectivity index (χ0v) is 18.9. The maximum atomic E-state index is 12.0. The van der Waals surface area contributed by atoms with Crippen LogP contribution in [-0.2, 0) is 19.1 Å². The van der Waals surface area contributed by atoms with Gasteiger partial charge in [-0.15, -0.1) is 0 Å². The summed E-state index contributed by atoms with van der Waals surface area (Å²) in [5, 5.41) is 0.